The summed E-state index contributed by atoms with van der Waals surface area (Å²) in [6, 6.07) is 6.62. The number of hydrogen-bond acceptors (Lipinski definition) is 4. The normalized spacial score (nSPS) is 19.9. The largest absolute Gasteiger partial charge is 0.466 e. The molecule has 1 aromatic carbocycles. The maximum Gasteiger partial charge on any atom is 0.309 e. The number of piperidine rings is 2. The quantitative estimate of drug-likeness (QED) is 0.742. The molecule has 0 aliphatic carbocycles. The van der Waals surface area contributed by atoms with Crippen LogP contribution in [0.5, 0.6) is 0 Å². The number of ether oxygens (including phenoxy) is 1. The molecule has 2 fully saturated rings. The van der Waals surface area contributed by atoms with Crippen LogP contribution in [0.1, 0.15) is 38.2 Å². The van der Waals surface area contributed by atoms with Gasteiger partial charge in [-0.05, 0) is 63.4 Å². The second-order valence-electron chi connectivity index (χ2n) is 7.53. The van der Waals surface area contributed by atoms with Gasteiger partial charge in [0.1, 0.15) is 5.82 Å². The maximum absolute atomic E-state index is 13.0. The Morgan fingerprint density at radius 3 is 2.19 bits per heavy atom. The molecule has 0 saturated carbocycles. The van der Waals surface area contributed by atoms with Crippen molar-refractivity contribution in [3.05, 3.63) is 35.6 Å². The number of esters is 1. The minimum absolute atomic E-state index is 0.0634. The number of benzene rings is 1. The number of rotatable bonds is 5. The highest BCUT2D eigenvalue weighted by Crippen LogP contribution is 2.25. The van der Waals surface area contributed by atoms with Crippen LogP contribution in [-0.2, 0) is 20.9 Å². The third-order valence-corrected chi connectivity index (χ3v) is 5.68. The smallest absolute Gasteiger partial charge is 0.309 e. The third kappa shape index (κ3) is 5.28. The van der Waals surface area contributed by atoms with E-state index < -0.39 is 0 Å². The summed E-state index contributed by atoms with van der Waals surface area (Å²) < 4.78 is 18.1. The summed E-state index contributed by atoms with van der Waals surface area (Å²) in [5, 5.41) is 0. The fraction of sp³-hybridized carbons (Fsp3) is 0.619. The fourth-order valence-electron chi connectivity index (χ4n) is 4.04. The topological polar surface area (TPSA) is 49.9 Å². The summed E-state index contributed by atoms with van der Waals surface area (Å²) in [5.74, 6) is -0.0904. The Morgan fingerprint density at radius 2 is 1.59 bits per heavy atom. The highest BCUT2D eigenvalue weighted by molar-refractivity contribution is 5.79. The van der Waals surface area contributed by atoms with Crippen molar-refractivity contribution in [3.8, 4) is 0 Å². The van der Waals surface area contributed by atoms with Gasteiger partial charge in [-0.1, -0.05) is 12.1 Å². The van der Waals surface area contributed by atoms with Gasteiger partial charge in [0, 0.05) is 25.6 Å². The Kier molecular flexibility index (Phi) is 6.83. The van der Waals surface area contributed by atoms with Crippen molar-refractivity contribution < 1.29 is 18.7 Å². The number of amides is 1. The van der Waals surface area contributed by atoms with Crippen LogP contribution < -0.4 is 0 Å². The first-order chi connectivity index (χ1) is 13.1. The summed E-state index contributed by atoms with van der Waals surface area (Å²) >= 11 is 0. The van der Waals surface area contributed by atoms with Crippen molar-refractivity contribution in [1.29, 1.82) is 0 Å². The van der Waals surface area contributed by atoms with E-state index in [1.807, 2.05) is 24.0 Å². The minimum atomic E-state index is -0.213. The van der Waals surface area contributed by atoms with Gasteiger partial charge in [0.2, 0.25) is 5.91 Å². The Morgan fingerprint density at radius 1 is 1.00 bits per heavy atom. The number of hydrogen-bond donors (Lipinski definition) is 0. The molecule has 1 aromatic rings. The van der Waals surface area contributed by atoms with Gasteiger partial charge in [-0.3, -0.25) is 14.5 Å². The first kappa shape index (κ1) is 19.8. The van der Waals surface area contributed by atoms with Crippen LogP contribution in [-0.4, -0.2) is 54.5 Å². The van der Waals surface area contributed by atoms with E-state index >= 15 is 0 Å². The molecule has 5 nitrogen and oxygen atoms in total. The molecule has 2 aliphatic rings. The Bertz CT molecular complexity index is 633. The van der Waals surface area contributed by atoms with Gasteiger partial charge < -0.3 is 9.64 Å². The maximum atomic E-state index is 13.0. The molecule has 6 heteroatoms. The second kappa shape index (κ2) is 9.31. The van der Waals surface area contributed by atoms with Gasteiger partial charge >= 0.3 is 5.97 Å². The van der Waals surface area contributed by atoms with Crippen molar-refractivity contribution in [2.24, 2.45) is 11.8 Å². The van der Waals surface area contributed by atoms with Gasteiger partial charge in [0.05, 0.1) is 12.5 Å². The van der Waals surface area contributed by atoms with Crippen molar-refractivity contribution in [3.63, 3.8) is 0 Å². The number of nitrogens with zero attached hydrogens (tertiary/aromatic N) is 2. The molecule has 3 rings (SSSR count). The summed E-state index contributed by atoms with van der Waals surface area (Å²) in [6.07, 6.45) is 3.12. The lowest BCUT2D eigenvalue weighted by Gasteiger charge is -2.36. The van der Waals surface area contributed by atoms with Crippen LogP contribution in [0.4, 0.5) is 4.39 Å². The van der Waals surface area contributed by atoms with Crippen molar-refractivity contribution in [2.45, 2.75) is 39.2 Å². The van der Waals surface area contributed by atoms with Crippen molar-refractivity contribution in [1.82, 2.24) is 9.80 Å². The lowest BCUT2D eigenvalue weighted by Crippen LogP contribution is -2.46. The van der Waals surface area contributed by atoms with E-state index in [1.54, 1.807) is 0 Å². The molecule has 148 valence electrons. The predicted octanol–water partition coefficient (Wildman–Crippen LogP) is 2.84. The van der Waals surface area contributed by atoms with Crippen LogP contribution in [0.2, 0.25) is 0 Å². The van der Waals surface area contributed by atoms with Crippen molar-refractivity contribution in [2.75, 3.05) is 32.8 Å². The molecule has 2 heterocycles. The SMILES string of the molecule is CCOC(=O)C1CCN(C(=O)C2CCN(Cc3ccc(F)cc3)CC2)CC1. The molecule has 27 heavy (non-hydrogen) atoms. The van der Waals surface area contributed by atoms with E-state index in [9.17, 15) is 14.0 Å². The molecule has 0 atom stereocenters. The molecule has 0 N–H and O–H groups in total. The first-order valence-corrected chi connectivity index (χ1v) is 9.99. The molecular weight excluding hydrogens is 347 g/mol. The van der Waals surface area contributed by atoms with E-state index in [4.69, 9.17) is 4.74 Å². The van der Waals surface area contributed by atoms with E-state index in [2.05, 4.69) is 4.90 Å². The summed E-state index contributed by atoms with van der Waals surface area (Å²) in [4.78, 5) is 28.9. The van der Waals surface area contributed by atoms with Gasteiger partial charge in [0.25, 0.3) is 0 Å². The molecule has 0 spiro atoms. The second-order valence-corrected chi connectivity index (χ2v) is 7.53. The molecule has 2 saturated heterocycles. The highest BCUT2D eigenvalue weighted by Gasteiger charge is 2.32. The highest BCUT2D eigenvalue weighted by atomic mass is 19.1. The molecule has 0 unspecified atom stereocenters. The zero-order chi connectivity index (χ0) is 19.2. The standard InChI is InChI=1S/C21H29FN2O3/c1-2-27-21(26)18-9-13-24(14-10-18)20(25)17-7-11-23(12-8-17)15-16-3-5-19(22)6-4-16/h3-6,17-18H,2,7-15H2,1H3. The Labute approximate surface area is 160 Å². The van der Waals surface area contributed by atoms with E-state index in [0.717, 1.165) is 38.0 Å². The van der Waals surface area contributed by atoms with E-state index in [0.29, 0.717) is 32.5 Å². The molecular formula is C21H29FN2O3. The minimum Gasteiger partial charge on any atom is -0.466 e. The summed E-state index contributed by atoms with van der Waals surface area (Å²) in [6.45, 7) is 6.09. The Balaban J connectivity index is 1.42. The Hall–Kier alpha value is -1.95. The predicted molar refractivity (Wildman–Crippen MR) is 100 cm³/mol. The van der Waals surface area contributed by atoms with E-state index in [-0.39, 0.29) is 29.5 Å². The van der Waals surface area contributed by atoms with Crippen LogP contribution in [0.3, 0.4) is 0 Å². The molecule has 0 aromatic heterocycles. The van der Waals surface area contributed by atoms with Crippen LogP contribution in [0, 0.1) is 17.7 Å². The molecule has 2 aliphatic heterocycles. The lowest BCUT2D eigenvalue weighted by atomic mass is 9.92. The molecule has 0 bridgehead atoms. The van der Waals surface area contributed by atoms with E-state index in [1.165, 1.54) is 12.1 Å². The lowest BCUT2D eigenvalue weighted by molar-refractivity contribution is -0.152. The first-order valence-electron chi connectivity index (χ1n) is 9.99. The van der Waals surface area contributed by atoms with Gasteiger partial charge in [-0.15, -0.1) is 0 Å². The van der Waals surface area contributed by atoms with Crippen LogP contribution in [0.25, 0.3) is 0 Å². The number of carbonyl (C=O) groups is 2. The zero-order valence-corrected chi connectivity index (χ0v) is 16.0. The summed E-state index contributed by atoms with van der Waals surface area (Å²) in [5.41, 5.74) is 1.10. The number of likely N-dealkylation sites (tertiary alicyclic amines) is 2. The monoisotopic (exact) mass is 376 g/mol. The third-order valence-electron chi connectivity index (χ3n) is 5.68. The summed E-state index contributed by atoms with van der Waals surface area (Å²) in [7, 11) is 0. The van der Waals surface area contributed by atoms with Crippen LogP contribution >= 0.6 is 0 Å². The number of carbonyl (C=O) groups excluding carboxylic acids is 2. The van der Waals surface area contributed by atoms with Gasteiger partial charge in [0.15, 0.2) is 0 Å². The fourth-order valence-corrected chi connectivity index (χ4v) is 4.04. The number of halogens is 1. The van der Waals surface area contributed by atoms with Gasteiger partial charge in [-0.2, -0.15) is 0 Å². The average molecular weight is 376 g/mol. The zero-order valence-electron chi connectivity index (χ0n) is 16.0. The van der Waals surface area contributed by atoms with Crippen molar-refractivity contribution >= 4 is 11.9 Å². The van der Waals surface area contributed by atoms with Crippen LogP contribution in [0.15, 0.2) is 24.3 Å². The van der Waals surface area contributed by atoms with Gasteiger partial charge in [-0.25, -0.2) is 4.39 Å². The average Bonchev–Trinajstić information content (AvgIpc) is 2.70. The molecule has 1 amide bonds. The molecule has 0 radical (unpaired) electrons.